The van der Waals surface area contributed by atoms with Crippen LogP contribution < -0.4 is 23.5 Å². The van der Waals surface area contributed by atoms with Crippen LogP contribution in [0.4, 0.5) is 0 Å². The average molecular weight is 437 g/mol. The Balaban J connectivity index is 2.13. The highest BCUT2D eigenvalue weighted by Gasteiger charge is 2.22. The summed E-state index contributed by atoms with van der Waals surface area (Å²) < 4.78 is 42.4. The van der Waals surface area contributed by atoms with Crippen LogP contribution in [0.1, 0.15) is 0 Å². The van der Waals surface area contributed by atoms with E-state index in [1.807, 2.05) is 0 Å². The second-order valence-electron chi connectivity index (χ2n) is 5.94. The molecule has 0 aliphatic rings. The SMILES string of the molecule is COc1ccc(-c2nocc2-c2cc(OC)c(OC)c(OC)c2)cc1OP(=O)(O)O. The molecule has 1 heterocycles. The Bertz CT molecular complexity index is 1060. The molecular weight excluding hydrogens is 417 g/mol. The van der Waals surface area contributed by atoms with Crippen molar-refractivity contribution in [3.63, 3.8) is 0 Å². The van der Waals surface area contributed by atoms with Crippen molar-refractivity contribution in [2.24, 2.45) is 0 Å². The van der Waals surface area contributed by atoms with E-state index >= 15 is 0 Å². The van der Waals surface area contributed by atoms with Crippen LogP contribution in [0.15, 0.2) is 41.1 Å². The molecule has 10 nitrogen and oxygen atoms in total. The lowest BCUT2D eigenvalue weighted by Gasteiger charge is -2.14. The van der Waals surface area contributed by atoms with E-state index in [1.165, 1.54) is 46.8 Å². The predicted molar refractivity (Wildman–Crippen MR) is 106 cm³/mol. The molecule has 0 saturated carbocycles. The zero-order chi connectivity index (χ0) is 21.9. The number of rotatable bonds is 8. The van der Waals surface area contributed by atoms with Gasteiger partial charge < -0.3 is 28.0 Å². The van der Waals surface area contributed by atoms with Gasteiger partial charge in [-0.1, -0.05) is 5.16 Å². The Morgan fingerprint density at radius 1 is 0.833 bits per heavy atom. The summed E-state index contributed by atoms with van der Waals surface area (Å²) in [5, 5.41) is 4.03. The third-order valence-electron chi connectivity index (χ3n) is 4.20. The van der Waals surface area contributed by atoms with Gasteiger partial charge in [-0.25, -0.2) is 4.57 Å². The van der Waals surface area contributed by atoms with Crippen LogP contribution in [0.3, 0.4) is 0 Å². The summed E-state index contributed by atoms with van der Waals surface area (Å²) in [6.45, 7) is 0. The van der Waals surface area contributed by atoms with Crippen molar-refractivity contribution < 1.29 is 42.3 Å². The fraction of sp³-hybridized carbons (Fsp3) is 0.211. The first-order valence-electron chi connectivity index (χ1n) is 8.49. The van der Waals surface area contributed by atoms with Crippen LogP contribution >= 0.6 is 7.82 Å². The minimum atomic E-state index is -4.80. The number of benzene rings is 2. The number of ether oxygens (including phenoxy) is 4. The van der Waals surface area contributed by atoms with Crippen LogP contribution in [-0.2, 0) is 4.57 Å². The second kappa shape index (κ2) is 8.66. The molecule has 0 fully saturated rings. The molecule has 30 heavy (non-hydrogen) atoms. The smallest absolute Gasteiger partial charge is 0.493 e. The highest BCUT2D eigenvalue weighted by molar-refractivity contribution is 7.46. The molecule has 1 aromatic heterocycles. The van der Waals surface area contributed by atoms with Crippen LogP contribution in [0, 0.1) is 0 Å². The highest BCUT2D eigenvalue weighted by atomic mass is 31.2. The van der Waals surface area contributed by atoms with Crippen molar-refractivity contribution >= 4 is 7.82 Å². The van der Waals surface area contributed by atoms with Gasteiger partial charge in [0.2, 0.25) is 5.75 Å². The summed E-state index contributed by atoms with van der Waals surface area (Å²) in [6, 6.07) is 8.03. The maximum Gasteiger partial charge on any atom is 0.524 e. The van der Waals surface area contributed by atoms with Crippen molar-refractivity contribution in [2.75, 3.05) is 28.4 Å². The fourth-order valence-corrected chi connectivity index (χ4v) is 3.31. The van der Waals surface area contributed by atoms with Crippen molar-refractivity contribution in [1.29, 1.82) is 0 Å². The van der Waals surface area contributed by atoms with Crippen LogP contribution in [0.5, 0.6) is 28.7 Å². The monoisotopic (exact) mass is 437 g/mol. The first-order valence-corrected chi connectivity index (χ1v) is 10.0. The van der Waals surface area contributed by atoms with Crippen LogP contribution in [-0.4, -0.2) is 43.4 Å². The molecule has 0 atom stereocenters. The number of aromatic nitrogens is 1. The lowest BCUT2D eigenvalue weighted by Crippen LogP contribution is -1.96. The van der Waals surface area contributed by atoms with Gasteiger partial charge in [0.15, 0.2) is 23.0 Å². The lowest BCUT2D eigenvalue weighted by atomic mass is 10.0. The Labute approximate surface area is 172 Å². The molecule has 3 rings (SSSR count). The predicted octanol–water partition coefficient (Wildman–Crippen LogP) is 3.51. The van der Waals surface area contributed by atoms with E-state index in [2.05, 4.69) is 5.16 Å². The molecule has 2 aromatic carbocycles. The highest BCUT2D eigenvalue weighted by Crippen LogP contribution is 2.46. The van der Waals surface area contributed by atoms with Gasteiger partial charge in [-0.2, -0.15) is 0 Å². The molecule has 160 valence electrons. The maximum atomic E-state index is 11.3. The van der Waals surface area contributed by atoms with Gasteiger partial charge >= 0.3 is 7.82 Å². The Morgan fingerprint density at radius 3 is 1.97 bits per heavy atom. The van der Waals surface area contributed by atoms with E-state index in [0.29, 0.717) is 39.6 Å². The van der Waals surface area contributed by atoms with Gasteiger partial charge in [-0.15, -0.1) is 0 Å². The number of hydrogen-bond donors (Lipinski definition) is 2. The first-order chi connectivity index (χ1) is 14.3. The van der Waals surface area contributed by atoms with Gasteiger partial charge in [0.1, 0.15) is 12.0 Å². The number of phosphoric acid groups is 1. The van der Waals surface area contributed by atoms with Gasteiger partial charge in [0.25, 0.3) is 0 Å². The number of nitrogens with zero attached hydrogens (tertiary/aromatic N) is 1. The molecule has 2 N–H and O–H groups in total. The number of methoxy groups -OCH3 is 4. The van der Waals surface area contributed by atoms with Crippen LogP contribution in [0.2, 0.25) is 0 Å². The van der Waals surface area contributed by atoms with E-state index in [0.717, 1.165) is 0 Å². The Kier molecular flexibility index (Phi) is 6.21. The fourth-order valence-electron chi connectivity index (χ4n) is 2.91. The molecule has 0 aliphatic carbocycles. The van der Waals surface area contributed by atoms with E-state index < -0.39 is 7.82 Å². The molecule has 0 saturated heterocycles. The zero-order valence-electron chi connectivity index (χ0n) is 16.6. The lowest BCUT2D eigenvalue weighted by molar-refractivity contribution is 0.276. The topological polar surface area (TPSA) is 130 Å². The number of phosphoric ester groups is 1. The van der Waals surface area contributed by atoms with Gasteiger partial charge in [0, 0.05) is 11.1 Å². The molecule has 0 unspecified atom stereocenters. The largest absolute Gasteiger partial charge is 0.524 e. The van der Waals surface area contributed by atoms with E-state index in [9.17, 15) is 4.57 Å². The summed E-state index contributed by atoms with van der Waals surface area (Å²) in [5.41, 5.74) is 2.13. The van der Waals surface area contributed by atoms with Gasteiger partial charge in [0.05, 0.1) is 28.4 Å². The van der Waals surface area contributed by atoms with Crippen molar-refractivity contribution in [3.8, 4) is 51.1 Å². The Morgan fingerprint density at radius 2 is 1.43 bits per heavy atom. The molecular formula is C19H20NO9P. The van der Waals surface area contributed by atoms with E-state index in [1.54, 1.807) is 18.2 Å². The summed E-state index contributed by atoms with van der Waals surface area (Å²) in [7, 11) is 1.08. The van der Waals surface area contributed by atoms with Crippen molar-refractivity contribution in [3.05, 3.63) is 36.6 Å². The summed E-state index contributed by atoms with van der Waals surface area (Å²) in [6.07, 6.45) is 1.43. The number of hydrogen-bond acceptors (Lipinski definition) is 8. The molecule has 0 radical (unpaired) electrons. The second-order valence-corrected chi connectivity index (χ2v) is 7.10. The first kappa shape index (κ1) is 21.5. The maximum absolute atomic E-state index is 11.3. The molecule has 0 aliphatic heterocycles. The Hall–Kier alpha value is -3.20. The molecule has 0 bridgehead atoms. The molecule has 11 heteroatoms. The minimum Gasteiger partial charge on any atom is -0.493 e. The zero-order valence-corrected chi connectivity index (χ0v) is 17.5. The quantitative estimate of drug-likeness (QED) is 0.505. The third-order valence-corrected chi connectivity index (χ3v) is 4.63. The van der Waals surface area contributed by atoms with E-state index in [-0.39, 0.29) is 11.5 Å². The minimum absolute atomic E-state index is 0.137. The van der Waals surface area contributed by atoms with E-state index in [4.69, 9.17) is 37.8 Å². The van der Waals surface area contributed by atoms with Gasteiger partial charge in [-0.3, -0.25) is 9.79 Å². The summed E-state index contributed by atoms with van der Waals surface area (Å²) >= 11 is 0. The summed E-state index contributed by atoms with van der Waals surface area (Å²) in [5.74, 6) is 1.34. The normalized spacial score (nSPS) is 11.1. The van der Waals surface area contributed by atoms with Gasteiger partial charge in [-0.05, 0) is 35.9 Å². The molecule has 0 spiro atoms. The third kappa shape index (κ3) is 4.35. The molecule has 3 aromatic rings. The van der Waals surface area contributed by atoms with Crippen molar-refractivity contribution in [2.45, 2.75) is 0 Å². The average Bonchev–Trinajstić information content (AvgIpc) is 3.21. The molecule has 0 amide bonds. The van der Waals surface area contributed by atoms with Crippen LogP contribution in [0.25, 0.3) is 22.4 Å². The van der Waals surface area contributed by atoms with Crippen molar-refractivity contribution in [1.82, 2.24) is 5.16 Å². The standard InChI is InChI=1S/C19H20NO9P/c1-24-14-6-5-11(7-15(14)29-30(21,22)23)18-13(10-28-20-18)12-8-16(25-2)19(27-4)17(9-12)26-3/h5-10H,1-4H3,(H2,21,22,23). The summed E-state index contributed by atoms with van der Waals surface area (Å²) in [4.78, 5) is 18.3.